The molecule has 0 amide bonds. The summed E-state index contributed by atoms with van der Waals surface area (Å²) >= 11 is 0. The zero-order valence-corrected chi connectivity index (χ0v) is 19.8. The molecule has 0 spiro atoms. The molecule has 0 saturated carbocycles. The fourth-order valence-corrected chi connectivity index (χ4v) is 3.66. The number of imidazole rings is 1. The Hall–Kier alpha value is -3.82. The van der Waals surface area contributed by atoms with Gasteiger partial charge < -0.3 is 25.3 Å². The van der Waals surface area contributed by atoms with Crippen LogP contribution in [0.25, 0.3) is 22.4 Å². The van der Waals surface area contributed by atoms with Crippen LogP contribution >= 0.6 is 0 Å². The van der Waals surface area contributed by atoms with Gasteiger partial charge in [-0.1, -0.05) is 54.6 Å². The first-order chi connectivity index (χ1) is 17.1. The van der Waals surface area contributed by atoms with Gasteiger partial charge in [0, 0.05) is 5.56 Å². The molecular formula is C27H26F3N3O3. The van der Waals surface area contributed by atoms with E-state index in [0.717, 1.165) is 22.8 Å². The molecule has 0 aliphatic heterocycles. The van der Waals surface area contributed by atoms with Gasteiger partial charge in [0.05, 0.1) is 24.8 Å². The number of aliphatic hydroxyl groups is 1. The minimum absolute atomic E-state index is 0.0307. The zero-order valence-electron chi connectivity index (χ0n) is 19.8. The van der Waals surface area contributed by atoms with Gasteiger partial charge in [0.1, 0.15) is 23.9 Å². The molecular weight excluding hydrogens is 471 g/mol. The number of ether oxygens (including phenoxy) is 2. The lowest BCUT2D eigenvalue weighted by Crippen LogP contribution is -2.38. The summed E-state index contributed by atoms with van der Waals surface area (Å²) in [5, 5.41) is 9.51. The minimum Gasteiger partial charge on any atom is -0.488 e. The van der Waals surface area contributed by atoms with E-state index in [-0.39, 0.29) is 35.3 Å². The van der Waals surface area contributed by atoms with Crippen LogP contribution in [0.3, 0.4) is 0 Å². The van der Waals surface area contributed by atoms with Crippen molar-refractivity contribution in [1.29, 1.82) is 0 Å². The predicted octanol–water partition coefficient (Wildman–Crippen LogP) is 5.52. The standard InChI is InChI=1S/C27H26F3N3O3/c1-26(31,16-34)25-32-23(24(33-25)35-2)20-12-13-22(21(14-20)27(28,29)30)36-15-17-8-10-19(11-9-17)18-6-4-3-5-7-18/h3-14,34H,15-16,31H2,1-2H3,(H,32,33)/t26-/m0/s1. The van der Waals surface area contributed by atoms with Crippen LogP contribution in [-0.2, 0) is 18.3 Å². The van der Waals surface area contributed by atoms with E-state index in [2.05, 4.69) is 9.97 Å². The number of nitrogens with zero attached hydrogens (tertiary/aromatic N) is 1. The van der Waals surface area contributed by atoms with Crippen molar-refractivity contribution in [1.82, 2.24) is 9.97 Å². The van der Waals surface area contributed by atoms with E-state index in [1.54, 1.807) is 6.92 Å². The van der Waals surface area contributed by atoms with Gasteiger partial charge >= 0.3 is 6.18 Å². The van der Waals surface area contributed by atoms with Crippen LogP contribution in [0.15, 0.2) is 72.8 Å². The fourth-order valence-electron chi connectivity index (χ4n) is 3.66. The van der Waals surface area contributed by atoms with Gasteiger partial charge in [-0.3, -0.25) is 0 Å². The average Bonchev–Trinajstić information content (AvgIpc) is 3.33. The molecule has 1 heterocycles. The van der Waals surface area contributed by atoms with E-state index in [1.807, 2.05) is 54.6 Å². The lowest BCUT2D eigenvalue weighted by atomic mass is 10.0. The Bertz CT molecular complexity index is 1320. The van der Waals surface area contributed by atoms with E-state index < -0.39 is 23.9 Å². The third-order valence-electron chi connectivity index (χ3n) is 5.76. The number of halogens is 3. The Morgan fingerprint density at radius 2 is 1.58 bits per heavy atom. The molecule has 6 nitrogen and oxygen atoms in total. The molecule has 0 saturated heterocycles. The zero-order chi connectivity index (χ0) is 25.9. The van der Waals surface area contributed by atoms with Gasteiger partial charge in [0.25, 0.3) is 0 Å². The molecule has 4 rings (SSSR count). The van der Waals surface area contributed by atoms with E-state index in [0.29, 0.717) is 0 Å². The third-order valence-corrected chi connectivity index (χ3v) is 5.76. The predicted molar refractivity (Wildman–Crippen MR) is 130 cm³/mol. The fraction of sp³-hybridized carbons (Fsp3) is 0.222. The first kappa shape index (κ1) is 25.3. The maximum atomic E-state index is 14.0. The normalized spacial score (nSPS) is 13.3. The molecule has 0 bridgehead atoms. The molecule has 3 aromatic carbocycles. The van der Waals surface area contributed by atoms with Crippen molar-refractivity contribution in [3.05, 3.63) is 89.7 Å². The molecule has 0 radical (unpaired) electrons. The van der Waals surface area contributed by atoms with Crippen LogP contribution in [0.1, 0.15) is 23.9 Å². The largest absolute Gasteiger partial charge is 0.488 e. The highest BCUT2D eigenvalue weighted by Gasteiger charge is 2.35. The van der Waals surface area contributed by atoms with Gasteiger partial charge in [-0.15, -0.1) is 0 Å². The van der Waals surface area contributed by atoms with Crippen molar-refractivity contribution < 1.29 is 27.8 Å². The lowest BCUT2D eigenvalue weighted by molar-refractivity contribution is -0.139. The van der Waals surface area contributed by atoms with E-state index in [4.69, 9.17) is 15.2 Å². The number of aromatic nitrogens is 2. The third kappa shape index (κ3) is 5.37. The summed E-state index contributed by atoms with van der Waals surface area (Å²) in [5.41, 5.74) is 7.04. The van der Waals surface area contributed by atoms with Crippen molar-refractivity contribution in [2.75, 3.05) is 13.7 Å². The molecule has 4 N–H and O–H groups in total. The van der Waals surface area contributed by atoms with Crippen LogP contribution in [0.4, 0.5) is 13.2 Å². The highest BCUT2D eigenvalue weighted by molar-refractivity contribution is 5.68. The lowest BCUT2D eigenvalue weighted by Gasteiger charge is -2.18. The van der Waals surface area contributed by atoms with Crippen molar-refractivity contribution in [2.45, 2.75) is 25.2 Å². The maximum Gasteiger partial charge on any atom is 0.419 e. The van der Waals surface area contributed by atoms with E-state index >= 15 is 0 Å². The summed E-state index contributed by atoms with van der Waals surface area (Å²) in [6.45, 7) is 1.09. The number of nitrogens with one attached hydrogen (secondary N) is 1. The molecule has 4 aromatic rings. The Balaban J connectivity index is 1.60. The number of rotatable bonds is 8. The van der Waals surface area contributed by atoms with Crippen LogP contribution in [0.2, 0.25) is 0 Å². The maximum absolute atomic E-state index is 14.0. The SMILES string of the molecule is COc1nc([C@@](C)(N)CO)[nH]c1-c1ccc(OCc2ccc(-c3ccccc3)cc2)c(C(F)(F)F)c1. The van der Waals surface area contributed by atoms with Gasteiger partial charge in [-0.05, 0) is 41.8 Å². The van der Waals surface area contributed by atoms with Crippen LogP contribution in [0, 0.1) is 0 Å². The number of aliphatic hydroxyl groups excluding tert-OH is 1. The number of benzene rings is 3. The Kier molecular flexibility index (Phi) is 7.05. The number of aromatic amines is 1. The number of alkyl halides is 3. The second kappa shape index (κ2) is 10.0. The van der Waals surface area contributed by atoms with Gasteiger partial charge in [0.2, 0.25) is 5.88 Å². The molecule has 0 aliphatic carbocycles. The van der Waals surface area contributed by atoms with Gasteiger partial charge in [-0.25, -0.2) is 0 Å². The summed E-state index contributed by atoms with van der Waals surface area (Å²) in [6.07, 6.45) is -4.66. The second-order valence-electron chi connectivity index (χ2n) is 8.61. The Morgan fingerprint density at radius 3 is 2.19 bits per heavy atom. The van der Waals surface area contributed by atoms with Crippen molar-refractivity contribution in [3.63, 3.8) is 0 Å². The van der Waals surface area contributed by atoms with Crippen molar-refractivity contribution >= 4 is 0 Å². The van der Waals surface area contributed by atoms with Gasteiger partial charge in [0.15, 0.2) is 0 Å². The van der Waals surface area contributed by atoms with Crippen molar-refractivity contribution in [3.8, 4) is 34.0 Å². The highest BCUT2D eigenvalue weighted by atomic mass is 19.4. The summed E-state index contributed by atoms with van der Waals surface area (Å²) in [5.74, 6) is -0.0452. The smallest absolute Gasteiger partial charge is 0.419 e. The molecule has 0 fully saturated rings. The van der Waals surface area contributed by atoms with Crippen molar-refractivity contribution in [2.24, 2.45) is 5.73 Å². The molecule has 1 aromatic heterocycles. The first-order valence-corrected chi connectivity index (χ1v) is 11.2. The number of hydrogen-bond donors (Lipinski definition) is 3. The summed E-state index contributed by atoms with van der Waals surface area (Å²) in [6, 6.07) is 21.0. The molecule has 1 atom stereocenters. The summed E-state index contributed by atoms with van der Waals surface area (Å²) in [4.78, 5) is 7.08. The second-order valence-corrected chi connectivity index (χ2v) is 8.61. The number of methoxy groups -OCH3 is 1. The molecule has 188 valence electrons. The average molecular weight is 498 g/mol. The Morgan fingerprint density at radius 1 is 0.944 bits per heavy atom. The quantitative estimate of drug-likeness (QED) is 0.298. The molecule has 9 heteroatoms. The molecule has 0 unspecified atom stereocenters. The summed E-state index contributed by atoms with van der Waals surface area (Å²) in [7, 11) is 1.35. The first-order valence-electron chi connectivity index (χ1n) is 11.2. The van der Waals surface area contributed by atoms with Crippen LogP contribution in [-0.4, -0.2) is 28.8 Å². The van der Waals surface area contributed by atoms with Crippen LogP contribution < -0.4 is 15.2 Å². The number of hydrogen-bond acceptors (Lipinski definition) is 5. The molecule has 36 heavy (non-hydrogen) atoms. The minimum atomic E-state index is -4.66. The van der Waals surface area contributed by atoms with E-state index in [9.17, 15) is 18.3 Å². The number of nitrogens with two attached hydrogens (primary N) is 1. The molecule has 0 aliphatic rings. The van der Waals surface area contributed by atoms with Gasteiger partial charge in [-0.2, -0.15) is 18.2 Å². The number of H-pyrrole nitrogens is 1. The topological polar surface area (TPSA) is 93.4 Å². The monoisotopic (exact) mass is 497 g/mol. The Labute approximate surface area is 206 Å². The highest BCUT2D eigenvalue weighted by Crippen LogP contribution is 2.40. The summed E-state index contributed by atoms with van der Waals surface area (Å²) < 4.78 is 52.7. The van der Waals surface area contributed by atoms with Crippen LogP contribution in [0.5, 0.6) is 11.6 Å². The van der Waals surface area contributed by atoms with E-state index in [1.165, 1.54) is 19.2 Å².